The Balaban J connectivity index is 1.71. The van der Waals surface area contributed by atoms with Crippen LogP contribution in [-0.4, -0.2) is 23.4 Å². The van der Waals surface area contributed by atoms with Gasteiger partial charge in [-0.15, -0.1) is 0 Å². The Kier molecular flexibility index (Phi) is 5.88. The van der Waals surface area contributed by atoms with Crippen molar-refractivity contribution in [2.24, 2.45) is 5.92 Å². The minimum Gasteiger partial charge on any atom is -0.453 e. The molecule has 0 fully saturated rings. The fourth-order valence-corrected chi connectivity index (χ4v) is 3.92. The number of nitrogens with one attached hydrogen (secondary N) is 1. The summed E-state index contributed by atoms with van der Waals surface area (Å²) in [6.45, 7) is 1.73. The molecule has 3 aromatic rings. The Hall–Kier alpha value is -3.77. The molecule has 0 radical (unpaired) electrons. The van der Waals surface area contributed by atoms with Crippen molar-refractivity contribution in [1.82, 2.24) is 0 Å². The van der Waals surface area contributed by atoms with Crippen molar-refractivity contribution in [2.45, 2.75) is 13.0 Å². The van der Waals surface area contributed by atoms with Crippen molar-refractivity contribution in [3.8, 4) is 0 Å². The third-order valence-electron chi connectivity index (χ3n) is 5.31. The number of anilines is 1. The van der Waals surface area contributed by atoms with Crippen LogP contribution in [0.4, 0.5) is 5.69 Å². The van der Waals surface area contributed by atoms with Crippen molar-refractivity contribution >= 4 is 40.7 Å². The lowest BCUT2D eigenvalue weighted by atomic mass is 9.84. The number of benzene rings is 3. The third kappa shape index (κ3) is 4.05. The first-order valence-corrected chi connectivity index (χ1v) is 10.2. The Morgan fingerprint density at radius 3 is 2.38 bits per heavy atom. The standard InChI is InChI=1S/C25H18ClNO5/c1-14-13-16(26)11-12-19(14)27-24(30)22(29)20(21(28)15-7-3-2-4-8-15)23-17-9-5-6-10-18(17)25(31)32-23/h2-13,20,23H,1H3,(H,27,30)/t20-,23+/m1/s1. The van der Waals surface area contributed by atoms with E-state index < -0.39 is 35.5 Å². The monoisotopic (exact) mass is 447 g/mol. The fourth-order valence-electron chi connectivity index (χ4n) is 3.69. The van der Waals surface area contributed by atoms with E-state index in [0.717, 1.165) is 0 Å². The van der Waals surface area contributed by atoms with E-state index in [2.05, 4.69) is 5.32 Å². The molecule has 1 aliphatic heterocycles. The number of ether oxygens (including phenoxy) is 1. The number of amides is 1. The summed E-state index contributed by atoms with van der Waals surface area (Å²) in [5.41, 5.74) is 1.95. The van der Waals surface area contributed by atoms with Gasteiger partial charge in [0.15, 0.2) is 5.78 Å². The van der Waals surface area contributed by atoms with Crippen LogP contribution in [-0.2, 0) is 14.3 Å². The zero-order valence-electron chi connectivity index (χ0n) is 17.0. The van der Waals surface area contributed by atoms with E-state index in [0.29, 0.717) is 21.8 Å². The van der Waals surface area contributed by atoms with E-state index in [1.54, 1.807) is 79.7 Å². The van der Waals surface area contributed by atoms with E-state index in [4.69, 9.17) is 16.3 Å². The maximum Gasteiger partial charge on any atom is 0.339 e. The summed E-state index contributed by atoms with van der Waals surface area (Å²) in [5, 5.41) is 3.03. The fraction of sp³-hybridized carbons (Fsp3) is 0.120. The number of fused-ring (bicyclic) bond motifs is 1. The highest BCUT2D eigenvalue weighted by Gasteiger charge is 2.46. The molecule has 3 aromatic carbocycles. The van der Waals surface area contributed by atoms with Gasteiger partial charge < -0.3 is 10.1 Å². The number of halogens is 1. The Labute approximate surface area is 189 Å². The second-order valence-electron chi connectivity index (χ2n) is 7.40. The lowest BCUT2D eigenvalue weighted by Gasteiger charge is -2.21. The third-order valence-corrected chi connectivity index (χ3v) is 5.54. The van der Waals surface area contributed by atoms with Gasteiger partial charge in [-0.2, -0.15) is 0 Å². The summed E-state index contributed by atoms with van der Waals surface area (Å²) in [6.07, 6.45) is -1.20. The molecule has 0 aromatic heterocycles. The molecular formula is C25H18ClNO5. The molecular weight excluding hydrogens is 430 g/mol. The summed E-state index contributed by atoms with van der Waals surface area (Å²) >= 11 is 5.95. The van der Waals surface area contributed by atoms with Gasteiger partial charge >= 0.3 is 5.97 Å². The molecule has 1 heterocycles. The highest BCUT2D eigenvalue weighted by Crippen LogP contribution is 2.38. The molecule has 0 bridgehead atoms. The highest BCUT2D eigenvalue weighted by molar-refractivity contribution is 6.45. The largest absolute Gasteiger partial charge is 0.453 e. The molecule has 4 rings (SSSR count). The normalized spacial score (nSPS) is 15.4. The van der Waals surface area contributed by atoms with E-state index in [1.165, 1.54) is 0 Å². The van der Waals surface area contributed by atoms with E-state index in [-0.39, 0.29) is 11.1 Å². The number of hydrogen-bond donors (Lipinski definition) is 1. The molecule has 1 amide bonds. The van der Waals surface area contributed by atoms with Gasteiger partial charge in [-0.3, -0.25) is 14.4 Å². The van der Waals surface area contributed by atoms with Gasteiger partial charge in [-0.05, 0) is 36.8 Å². The van der Waals surface area contributed by atoms with Crippen LogP contribution < -0.4 is 5.32 Å². The summed E-state index contributed by atoms with van der Waals surface area (Å²) in [6, 6.07) is 19.4. The van der Waals surface area contributed by atoms with Crippen LogP contribution in [0.25, 0.3) is 0 Å². The van der Waals surface area contributed by atoms with Gasteiger partial charge in [0, 0.05) is 21.8 Å². The summed E-state index contributed by atoms with van der Waals surface area (Å²) in [5.74, 6) is -4.75. The van der Waals surface area contributed by atoms with Crippen molar-refractivity contribution in [3.05, 3.63) is 100 Å². The van der Waals surface area contributed by atoms with Crippen LogP contribution in [0.2, 0.25) is 5.02 Å². The smallest absolute Gasteiger partial charge is 0.339 e. The Bertz CT molecular complexity index is 1240. The van der Waals surface area contributed by atoms with Crippen LogP contribution in [0, 0.1) is 12.8 Å². The molecule has 1 N–H and O–H groups in total. The van der Waals surface area contributed by atoms with Gasteiger partial charge in [0.1, 0.15) is 12.0 Å². The zero-order valence-corrected chi connectivity index (χ0v) is 17.8. The number of Topliss-reactive ketones (excluding diaryl/α,β-unsaturated/α-hetero) is 2. The maximum absolute atomic E-state index is 13.3. The Morgan fingerprint density at radius 1 is 0.969 bits per heavy atom. The zero-order chi connectivity index (χ0) is 22.8. The van der Waals surface area contributed by atoms with Gasteiger partial charge in [0.2, 0.25) is 5.78 Å². The van der Waals surface area contributed by atoms with Crippen molar-refractivity contribution in [3.63, 3.8) is 0 Å². The minimum atomic E-state index is -1.53. The quantitative estimate of drug-likeness (QED) is 0.259. The lowest BCUT2D eigenvalue weighted by Crippen LogP contribution is -2.38. The molecule has 0 saturated heterocycles. The number of cyclic esters (lactones) is 1. The summed E-state index contributed by atoms with van der Waals surface area (Å²) in [4.78, 5) is 51.9. The molecule has 160 valence electrons. The van der Waals surface area contributed by atoms with E-state index in [1.807, 2.05) is 0 Å². The SMILES string of the molecule is Cc1cc(Cl)ccc1NC(=O)C(=O)[C@@H](C(=O)c1ccccc1)[C@H]1OC(=O)c2ccccc21. The molecule has 6 nitrogen and oxygen atoms in total. The predicted octanol–water partition coefficient (Wildman–Crippen LogP) is 4.57. The molecule has 7 heteroatoms. The first kappa shape index (κ1) is 21.5. The number of rotatable bonds is 6. The predicted molar refractivity (Wildman–Crippen MR) is 119 cm³/mol. The van der Waals surface area contributed by atoms with Gasteiger partial charge in [-0.25, -0.2) is 4.79 Å². The molecule has 0 saturated carbocycles. The summed E-state index contributed by atoms with van der Waals surface area (Å²) in [7, 11) is 0. The second kappa shape index (κ2) is 8.77. The molecule has 0 unspecified atom stereocenters. The molecule has 0 spiro atoms. The highest BCUT2D eigenvalue weighted by atomic mass is 35.5. The number of esters is 1. The topological polar surface area (TPSA) is 89.5 Å². The first-order valence-electron chi connectivity index (χ1n) is 9.87. The van der Waals surface area contributed by atoms with Crippen molar-refractivity contribution in [1.29, 1.82) is 0 Å². The van der Waals surface area contributed by atoms with E-state index >= 15 is 0 Å². The maximum atomic E-state index is 13.3. The van der Waals surface area contributed by atoms with Gasteiger partial charge in [-0.1, -0.05) is 60.1 Å². The van der Waals surface area contributed by atoms with Crippen LogP contribution in [0.1, 0.15) is 37.9 Å². The molecule has 32 heavy (non-hydrogen) atoms. The average molecular weight is 448 g/mol. The first-order chi connectivity index (χ1) is 15.4. The number of carbonyl (C=O) groups excluding carboxylic acids is 4. The van der Waals surface area contributed by atoms with E-state index in [9.17, 15) is 19.2 Å². The second-order valence-corrected chi connectivity index (χ2v) is 7.84. The van der Waals surface area contributed by atoms with Crippen molar-refractivity contribution < 1.29 is 23.9 Å². The average Bonchev–Trinajstić information content (AvgIpc) is 3.12. The number of hydrogen-bond acceptors (Lipinski definition) is 5. The van der Waals surface area contributed by atoms with Crippen molar-refractivity contribution in [2.75, 3.05) is 5.32 Å². The van der Waals surface area contributed by atoms with Gasteiger partial charge in [0.05, 0.1) is 5.56 Å². The van der Waals surface area contributed by atoms with Crippen LogP contribution in [0.15, 0.2) is 72.8 Å². The number of carbonyl (C=O) groups is 4. The van der Waals surface area contributed by atoms with Gasteiger partial charge in [0.25, 0.3) is 5.91 Å². The number of ketones is 2. The molecule has 0 aliphatic carbocycles. The van der Waals surface area contributed by atoms with Crippen LogP contribution in [0.3, 0.4) is 0 Å². The van der Waals surface area contributed by atoms with Crippen LogP contribution >= 0.6 is 11.6 Å². The number of aryl methyl sites for hydroxylation is 1. The summed E-state index contributed by atoms with van der Waals surface area (Å²) < 4.78 is 5.42. The minimum absolute atomic E-state index is 0.238. The van der Waals surface area contributed by atoms with Crippen LogP contribution in [0.5, 0.6) is 0 Å². The lowest BCUT2D eigenvalue weighted by molar-refractivity contribution is -0.138. The molecule has 2 atom stereocenters. The Morgan fingerprint density at radius 2 is 1.66 bits per heavy atom. The molecule has 1 aliphatic rings.